The monoisotopic (exact) mass is 457 g/mol. The lowest BCUT2D eigenvalue weighted by atomic mass is 10.1. The molecule has 0 radical (unpaired) electrons. The topological polar surface area (TPSA) is 60.9 Å². The van der Waals surface area contributed by atoms with Crippen molar-refractivity contribution in [2.24, 2.45) is 0 Å². The van der Waals surface area contributed by atoms with Gasteiger partial charge >= 0.3 is 0 Å². The molecular weight excluding hydrogens is 426 g/mol. The molecule has 5 rings (SSSR count). The second kappa shape index (κ2) is 10.2. The Hall–Kier alpha value is -3.42. The summed E-state index contributed by atoms with van der Waals surface area (Å²) in [5.41, 5.74) is 5.32. The number of rotatable bonds is 5. The van der Waals surface area contributed by atoms with Gasteiger partial charge in [-0.3, -0.25) is 4.79 Å². The highest BCUT2D eigenvalue weighted by Gasteiger charge is 2.15. The van der Waals surface area contributed by atoms with Crippen LogP contribution in [0, 0.1) is 0 Å². The number of aromatic nitrogens is 1. The zero-order valence-corrected chi connectivity index (χ0v) is 19.6. The number of piperazine rings is 1. The molecule has 0 aliphatic carbocycles. The van der Waals surface area contributed by atoms with Gasteiger partial charge in [-0.2, -0.15) is 0 Å². The van der Waals surface area contributed by atoms with Gasteiger partial charge in [0.05, 0.1) is 18.9 Å². The molecule has 0 spiro atoms. The van der Waals surface area contributed by atoms with Crippen LogP contribution in [-0.2, 0) is 4.74 Å². The van der Waals surface area contributed by atoms with Crippen molar-refractivity contribution < 1.29 is 9.53 Å². The lowest BCUT2D eigenvalue weighted by Gasteiger charge is -2.34. The number of hydrogen-bond acceptors (Lipinski definition) is 6. The number of benzene rings is 2. The standard InChI is InChI=1S/C27H31N5O2/c1-30-13-15-31(16-14-30)23-9-5-21(6-10-23)25-3-2-4-26(29-25)27(33)28-22-7-11-24(12-8-22)32-17-19-34-20-18-32/h2-12H,13-20H2,1H3,(H,28,33). The van der Waals surface area contributed by atoms with Gasteiger partial charge in [0.25, 0.3) is 5.91 Å². The zero-order valence-electron chi connectivity index (χ0n) is 19.6. The Morgan fingerprint density at radius 2 is 1.41 bits per heavy atom. The molecule has 1 amide bonds. The van der Waals surface area contributed by atoms with Crippen LogP contribution in [0.15, 0.2) is 66.7 Å². The summed E-state index contributed by atoms with van der Waals surface area (Å²) in [5, 5.41) is 2.97. The Bertz CT molecular complexity index is 1100. The van der Waals surface area contributed by atoms with Crippen LogP contribution in [-0.4, -0.2) is 75.3 Å². The van der Waals surface area contributed by atoms with Crippen molar-refractivity contribution >= 4 is 23.0 Å². The van der Waals surface area contributed by atoms with Crippen molar-refractivity contribution in [2.75, 3.05) is 74.6 Å². The predicted octanol–water partition coefficient (Wildman–Crippen LogP) is 3.59. The van der Waals surface area contributed by atoms with Crippen LogP contribution < -0.4 is 15.1 Å². The molecule has 2 aromatic carbocycles. The number of amides is 1. The van der Waals surface area contributed by atoms with Gasteiger partial charge in [-0.1, -0.05) is 18.2 Å². The molecule has 3 heterocycles. The maximum absolute atomic E-state index is 12.9. The number of ether oxygens (including phenoxy) is 1. The number of anilines is 3. The molecule has 2 aliphatic heterocycles. The minimum atomic E-state index is -0.213. The van der Waals surface area contributed by atoms with Crippen molar-refractivity contribution in [1.29, 1.82) is 0 Å². The fraction of sp³-hybridized carbons (Fsp3) is 0.333. The number of nitrogens with one attached hydrogen (secondary N) is 1. The summed E-state index contributed by atoms with van der Waals surface area (Å²) in [6.07, 6.45) is 0. The highest BCUT2D eigenvalue weighted by molar-refractivity contribution is 6.03. The smallest absolute Gasteiger partial charge is 0.274 e. The van der Waals surface area contributed by atoms with E-state index in [2.05, 4.69) is 56.3 Å². The normalized spacial score (nSPS) is 17.0. The first-order chi connectivity index (χ1) is 16.7. The Morgan fingerprint density at radius 1 is 0.794 bits per heavy atom. The van der Waals surface area contributed by atoms with E-state index in [-0.39, 0.29) is 5.91 Å². The number of nitrogens with zero attached hydrogens (tertiary/aromatic N) is 4. The van der Waals surface area contributed by atoms with Crippen molar-refractivity contribution in [3.05, 3.63) is 72.4 Å². The molecule has 0 atom stereocenters. The minimum absolute atomic E-state index is 0.213. The van der Waals surface area contributed by atoms with Gasteiger partial charge in [0.1, 0.15) is 5.69 Å². The lowest BCUT2D eigenvalue weighted by molar-refractivity contribution is 0.102. The molecule has 3 aromatic rings. The molecule has 2 fully saturated rings. The summed E-state index contributed by atoms with van der Waals surface area (Å²) in [6, 6.07) is 22.0. The minimum Gasteiger partial charge on any atom is -0.378 e. The van der Waals surface area contributed by atoms with Gasteiger partial charge in [-0.15, -0.1) is 0 Å². The van der Waals surface area contributed by atoms with E-state index in [0.717, 1.165) is 75.1 Å². The summed E-state index contributed by atoms with van der Waals surface area (Å²) in [5.74, 6) is -0.213. The highest BCUT2D eigenvalue weighted by Crippen LogP contribution is 2.24. The van der Waals surface area contributed by atoms with Crippen molar-refractivity contribution in [3.63, 3.8) is 0 Å². The van der Waals surface area contributed by atoms with Crippen LogP contribution in [0.2, 0.25) is 0 Å². The number of carbonyl (C=O) groups excluding carboxylic acids is 1. The van der Waals surface area contributed by atoms with Crippen LogP contribution in [0.4, 0.5) is 17.1 Å². The van der Waals surface area contributed by atoms with Gasteiger partial charge in [-0.25, -0.2) is 4.98 Å². The molecule has 7 nitrogen and oxygen atoms in total. The molecule has 2 aliphatic rings. The van der Waals surface area contributed by atoms with Crippen LogP contribution in [0.1, 0.15) is 10.5 Å². The molecule has 1 aromatic heterocycles. The molecule has 0 saturated carbocycles. The molecule has 2 saturated heterocycles. The average Bonchev–Trinajstić information content (AvgIpc) is 2.90. The number of hydrogen-bond donors (Lipinski definition) is 1. The van der Waals surface area contributed by atoms with E-state index >= 15 is 0 Å². The van der Waals surface area contributed by atoms with E-state index in [4.69, 9.17) is 4.74 Å². The third-order valence-electron chi connectivity index (χ3n) is 6.51. The van der Waals surface area contributed by atoms with Gasteiger partial charge in [-0.05, 0) is 55.6 Å². The third kappa shape index (κ3) is 5.21. The predicted molar refractivity (Wildman–Crippen MR) is 137 cm³/mol. The largest absolute Gasteiger partial charge is 0.378 e. The number of pyridine rings is 1. The van der Waals surface area contributed by atoms with Crippen LogP contribution in [0.25, 0.3) is 11.3 Å². The van der Waals surface area contributed by atoms with E-state index < -0.39 is 0 Å². The highest BCUT2D eigenvalue weighted by atomic mass is 16.5. The molecule has 176 valence electrons. The lowest BCUT2D eigenvalue weighted by Crippen LogP contribution is -2.44. The van der Waals surface area contributed by atoms with Gasteiger partial charge in [0.15, 0.2) is 0 Å². The Balaban J connectivity index is 1.24. The van der Waals surface area contributed by atoms with Crippen LogP contribution in [0.3, 0.4) is 0 Å². The molecule has 0 bridgehead atoms. The first-order valence-electron chi connectivity index (χ1n) is 11.9. The van der Waals surface area contributed by atoms with E-state index in [0.29, 0.717) is 5.69 Å². The summed E-state index contributed by atoms with van der Waals surface area (Å²) in [4.78, 5) is 24.5. The van der Waals surface area contributed by atoms with E-state index in [9.17, 15) is 4.79 Å². The van der Waals surface area contributed by atoms with E-state index in [1.54, 1.807) is 6.07 Å². The van der Waals surface area contributed by atoms with Crippen molar-refractivity contribution in [2.45, 2.75) is 0 Å². The van der Waals surface area contributed by atoms with Crippen LogP contribution in [0.5, 0.6) is 0 Å². The number of carbonyl (C=O) groups is 1. The maximum atomic E-state index is 12.9. The molecule has 7 heteroatoms. The van der Waals surface area contributed by atoms with E-state index in [1.807, 2.05) is 36.4 Å². The van der Waals surface area contributed by atoms with Crippen LogP contribution >= 0.6 is 0 Å². The Kier molecular flexibility index (Phi) is 6.74. The zero-order chi connectivity index (χ0) is 23.3. The number of likely N-dealkylation sites (N-methyl/N-ethyl adjacent to an activating group) is 1. The first-order valence-corrected chi connectivity index (χ1v) is 11.9. The van der Waals surface area contributed by atoms with Gasteiger partial charge in [0.2, 0.25) is 0 Å². The summed E-state index contributed by atoms with van der Waals surface area (Å²) >= 11 is 0. The van der Waals surface area contributed by atoms with Gasteiger partial charge < -0.3 is 24.8 Å². The quantitative estimate of drug-likeness (QED) is 0.632. The van der Waals surface area contributed by atoms with E-state index in [1.165, 1.54) is 5.69 Å². The third-order valence-corrected chi connectivity index (χ3v) is 6.51. The fourth-order valence-electron chi connectivity index (χ4n) is 4.40. The molecular formula is C27H31N5O2. The Labute approximate surface area is 201 Å². The second-order valence-electron chi connectivity index (χ2n) is 8.85. The number of morpholine rings is 1. The SMILES string of the molecule is CN1CCN(c2ccc(-c3cccc(C(=O)Nc4ccc(N5CCOCC5)cc4)n3)cc2)CC1. The maximum Gasteiger partial charge on any atom is 0.274 e. The molecule has 0 unspecified atom stereocenters. The second-order valence-corrected chi connectivity index (χ2v) is 8.85. The fourth-order valence-corrected chi connectivity index (χ4v) is 4.40. The van der Waals surface area contributed by atoms with Gasteiger partial charge in [0, 0.05) is 61.9 Å². The summed E-state index contributed by atoms with van der Waals surface area (Å²) in [6.45, 7) is 7.51. The van der Waals surface area contributed by atoms with Crippen molar-refractivity contribution in [1.82, 2.24) is 9.88 Å². The Morgan fingerprint density at radius 3 is 2.09 bits per heavy atom. The molecule has 1 N–H and O–H groups in total. The van der Waals surface area contributed by atoms with Crippen molar-refractivity contribution in [3.8, 4) is 11.3 Å². The first kappa shape index (κ1) is 22.4. The molecule has 34 heavy (non-hydrogen) atoms. The summed E-state index contributed by atoms with van der Waals surface area (Å²) in [7, 11) is 2.16. The average molecular weight is 458 g/mol. The summed E-state index contributed by atoms with van der Waals surface area (Å²) < 4.78 is 5.42.